The summed E-state index contributed by atoms with van der Waals surface area (Å²) in [7, 11) is 0. The number of carboxylic acids is 1. The Morgan fingerprint density at radius 2 is 1.85 bits per heavy atom. The SMILES string of the molecule is CC(C)(C)OC(=O)N(Cl)[C@@H](Cc1ccccc1)C(=O)O. The molecule has 0 heterocycles. The fourth-order valence-electron chi connectivity index (χ4n) is 1.53. The highest BCUT2D eigenvalue weighted by Gasteiger charge is 2.32. The van der Waals surface area contributed by atoms with Crippen molar-refractivity contribution in [1.82, 2.24) is 4.42 Å². The summed E-state index contributed by atoms with van der Waals surface area (Å²) in [5, 5.41) is 9.22. The molecule has 1 aromatic carbocycles. The van der Waals surface area contributed by atoms with Crippen LogP contribution in [0.5, 0.6) is 0 Å². The smallest absolute Gasteiger partial charge is 0.425 e. The molecule has 0 radical (unpaired) electrons. The van der Waals surface area contributed by atoms with Crippen LogP contribution >= 0.6 is 11.8 Å². The second-order valence-corrected chi connectivity index (χ2v) is 5.70. The van der Waals surface area contributed by atoms with Crippen molar-refractivity contribution in [3.63, 3.8) is 0 Å². The van der Waals surface area contributed by atoms with Gasteiger partial charge in [0.25, 0.3) is 0 Å². The topological polar surface area (TPSA) is 66.8 Å². The van der Waals surface area contributed by atoms with Crippen LogP contribution in [-0.2, 0) is 16.0 Å². The zero-order chi connectivity index (χ0) is 15.3. The van der Waals surface area contributed by atoms with Crippen molar-refractivity contribution in [1.29, 1.82) is 0 Å². The van der Waals surface area contributed by atoms with Gasteiger partial charge in [0.15, 0.2) is 6.04 Å². The van der Waals surface area contributed by atoms with E-state index in [2.05, 4.69) is 0 Å². The number of carbonyl (C=O) groups excluding carboxylic acids is 1. The van der Waals surface area contributed by atoms with Crippen LogP contribution in [-0.4, -0.2) is 33.2 Å². The minimum Gasteiger partial charge on any atom is -0.480 e. The standard InChI is InChI=1S/C14H18ClNO4/c1-14(2,3)20-13(19)16(15)11(12(17)18)9-10-7-5-4-6-8-10/h4-8,11H,9H2,1-3H3,(H,17,18)/t11-/m0/s1. The third-order valence-electron chi connectivity index (χ3n) is 2.40. The van der Waals surface area contributed by atoms with Crippen molar-refractivity contribution in [2.24, 2.45) is 0 Å². The van der Waals surface area contributed by atoms with Crippen LogP contribution in [0.25, 0.3) is 0 Å². The first-order valence-electron chi connectivity index (χ1n) is 6.15. The maximum absolute atomic E-state index is 11.8. The number of hydrogen-bond donors (Lipinski definition) is 1. The normalized spacial score (nSPS) is 12.6. The minimum absolute atomic E-state index is 0.110. The third kappa shape index (κ3) is 5.09. The monoisotopic (exact) mass is 299 g/mol. The van der Waals surface area contributed by atoms with Gasteiger partial charge in [0.2, 0.25) is 0 Å². The number of amides is 1. The summed E-state index contributed by atoms with van der Waals surface area (Å²) < 4.78 is 5.66. The summed E-state index contributed by atoms with van der Waals surface area (Å²) in [5.74, 6) is -1.19. The lowest BCUT2D eigenvalue weighted by molar-refractivity contribution is -0.141. The Balaban J connectivity index is 2.81. The number of halogens is 1. The Labute approximate surface area is 123 Å². The van der Waals surface area contributed by atoms with Gasteiger partial charge >= 0.3 is 12.1 Å². The van der Waals surface area contributed by atoms with E-state index in [1.165, 1.54) is 0 Å². The molecule has 1 rings (SSSR count). The maximum Gasteiger partial charge on any atom is 0.425 e. The van der Waals surface area contributed by atoms with Crippen LogP contribution in [0.4, 0.5) is 4.79 Å². The van der Waals surface area contributed by atoms with Crippen LogP contribution in [0.15, 0.2) is 30.3 Å². The average molecular weight is 300 g/mol. The van der Waals surface area contributed by atoms with Crippen LogP contribution in [0.2, 0.25) is 0 Å². The fourth-order valence-corrected chi connectivity index (χ4v) is 1.72. The molecule has 1 N–H and O–H groups in total. The Kier molecular flexibility index (Phi) is 5.39. The van der Waals surface area contributed by atoms with Crippen molar-refractivity contribution in [3.8, 4) is 0 Å². The second kappa shape index (κ2) is 6.61. The summed E-state index contributed by atoms with van der Waals surface area (Å²) in [5.41, 5.74) is 0.0362. The summed E-state index contributed by atoms with van der Waals surface area (Å²) in [6.07, 6.45) is -0.763. The molecule has 5 nitrogen and oxygen atoms in total. The van der Waals surface area contributed by atoms with Gasteiger partial charge in [-0.25, -0.2) is 14.0 Å². The number of nitrogens with zero attached hydrogens (tertiary/aromatic N) is 1. The van der Waals surface area contributed by atoms with Gasteiger partial charge in [-0.15, -0.1) is 0 Å². The van der Waals surface area contributed by atoms with Gasteiger partial charge in [0, 0.05) is 18.2 Å². The molecule has 0 aromatic heterocycles. The van der Waals surface area contributed by atoms with E-state index in [1.807, 2.05) is 6.07 Å². The van der Waals surface area contributed by atoms with Crippen LogP contribution in [0.3, 0.4) is 0 Å². The maximum atomic E-state index is 11.8. The van der Waals surface area contributed by atoms with Gasteiger partial charge in [-0.05, 0) is 26.3 Å². The molecule has 0 aliphatic rings. The van der Waals surface area contributed by atoms with Crippen molar-refractivity contribution < 1.29 is 19.4 Å². The fraction of sp³-hybridized carbons (Fsp3) is 0.429. The highest BCUT2D eigenvalue weighted by molar-refractivity contribution is 6.21. The van der Waals surface area contributed by atoms with E-state index in [-0.39, 0.29) is 6.42 Å². The Morgan fingerprint density at radius 3 is 2.30 bits per heavy atom. The second-order valence-electron chi connectivity index (χ2n) is 5.34. The van der Waals surface area contributed by atoms with E-state index in [1.54, 1.807) is 45.0 Å². The molecule has 1 amide bonds. The Hall–Kier alpha value is -1.75. The molecule has 0 aliphatic carbocycles. The van der Waals surface area contributed by atoms with Crippen molar-refractivity contribution in [2.45, 2.75) is 38.8 Å². The molecule has 0 spiro atoms. The molecular formula is C14H18ClNO4. The van der Waals surface area contributed by atoms with Crippen molar-refractivity contribution in [2.75, 3.05) is 0 Å². The molecule has 0 bridgehead atoms. The molecule has 6 heteroatoms. The van der Waals surface area contributed by atoms with Gasteiger partial charge < -0.3 is 9.84 Å². The molecule has 110 valence electrons. The Bertz CT molecular complexity index is 470. The largest absolute Gasteiger partial charge is 0.480 e. The minimum atomic E-state index is -1.19. The van der Waals surface area contributed by atoms with Gasteiger partial charge in [-0.2, -0.15) is 0 Å². The van der Waals surface area contributed by atoms with Gasteiger partial charge in [0.1, 0.15) is 5.60 Å². The number of hydrogen-bond acceptors (Lipinski definition) is 3. The molecule has 0 saturated carbocycles. The third-order valence-corrected chi connectivity index (χ3v) is 2.77. The summed E-state index contributed by atoms with van der Waals surface area (Å²) >= 11 is 5.83. The lowest BCUT2D eigenvalue weighted by Crippen LogP contribution is -2.43. The zero-order valence-electron chi connectivity index (χ0n) is 11.7. The van der Waals surface area contributed by atoms with E-state index >= 15 is 0 Å². The number of rotatable bonds is 4. The number of benzene rings is 1. The highest BCUT2D eigenvalue weighted by Crippen LogP contribution is 2.17. The van der Waals surface area contributed by atoms with E-state index in [0.29, 0.717) is 4.42 Å². The zero-order valence-corrected chi connectivity index (χ0v) is 12.4. The van der Waals surface area contributed by atoms with Crippen molar-refractivity contribution in [3.05, 3.63) is 35.9 Å². The molecule has 20 heavy (non-hydrogen) atoms. The van der Waals surface area contributed by atoms with E-state index in [0.717, 1.165) is 5.56 Å². The molecular weight excluding hydrogens is 282 g/mol. The molecule has 0 fully saturated rings. The first-order valence-corrected chi connectivity index (χ1v) is 6.49. The Morgan fingerprint density at radius 1 is 1.30 bits per heavy atom. The van der Waals surface area contributed by atoms with Gasteiger partial charge in [-0.3, -0.25) is 0 Å². The molecule has 1 aromatic rings. The van der Waals surface area contributed by atoms with Gasteiger partial charge in [-0.1, -0.05) is 30.3 Å². The molecule has 0 saturated heterocycles. The molecule has 0 unspecified atom stereocenters. The van der Waals surface area contributed by atoms with Gasteiger partial charge in [0.05, 0.1) is 0 Å². The lowest BCUT2D eigenvalue weighted by Gasteiger charge is -2.26. The first kappa shape index (κ1) is 16.3. The summed E-state index contributed by atoms with van der Waals surface area (Å²) in [6.45, 7) is 5.05. The quantitative estimate of drug-likeness (QED) is 0.868. The first-order chi connectivity index (χ1) is 9.20. The number of ether oxygens (including phenoxy) is 1. The summed E-state index contributed by atoms with van der Waals surface area (Å²) in [4.78, 5) is 23.1. The van der Waals surface area contributed by atoms with E-state index < -0.39 is 23.7 Å². The van der Waals surface area contributed by atoms with Crippen LogP contribution in [0.1, 0.15) is 26.3 Å². The van der Waals surface area contributed by atoms with E-state index in [9.17, 15) is 14.7 Å². The molecule has 1 atom stereocenters. The van der Waals surface area contributed by atoms with E-state index in [4.69, 9.17) is 16.5 Å². The predicted molar refractivity (Wildman–Crippen MR) is 75.5 cm³/mol. The van der Waals surface area contributed by atoms with Crippen LogP contribution < -0.4 is 0 Å². The van der Waals surface area contributed by atoms with Crippen molar-refractivity contribution >= 4 is 23.8 Å². The number of aliphatic carboxylic acids is 1. The summed E-state index contributed by atoms with van der Waals surface area (Å²) in [6, 6.07) is 7.77. The van der Waals surface area contributed by atoms with Crippen LogP contribution in [0, 0.1) is 0 Å². The number of carboxylic acid groups (broad SMARTS) is 1. The average Bonchev–Trinajstić information content (AvgIpc) is 2.34. The predicted octanol–water partition coefficient (Wildman–Crippen LogP) is 3.07. The lowest BCUT2D eigenvalue weighted by atomic mass is 10.1. The number of carbonyl (C=O) groups is 2. The highest BCUT2D eigenvalue weighted by atomic mass is 35.5. The molecule has 0 aliphatic heterocycles.